The van der Waals surface area contributed by atoms with Crippen molar-refractivity contribution < 1.29 is 9.72 Å². The van der Waals surface area contributed by atoms with Gasteiger partial charge in [-0.3, -0.25) is 28.8 Å². The Bertz CT molecular complexity index is 1230. The first kappa shape index (κ1) is 19.7. The molecule has 0 fully saturated rings. The molecule has 150 valence electrons. The summed E-state index contributed by atoms with van der Waals surface area (Å²) in [7, 11) is 2.87. The lowest BCUT2D eigenvalue weighted by Crippen LogP contribution is -2.37. The van der Waals surface area contributed by atoms with Crippen LogP contribution in [0.2, 0.25) is 0 Å². The molecule has 0 spiro atoms. The molecule has 1 amide bonds. The fourth-order valence-corrected chi connectivity index (χ4v) is 2.85. The molecule has 0 atom stereocenters. The molecule has 0 aliphatic rings. The standard InChI is InChI=1S/C18H18N6O5/c1-22-16-12(17(26)23(2)18(22)27)9-11(10-20-16)21-15(25)7-8-19-13-5-3-4-6-14(13)24(28)29/h3-6,9-10,19H,7-8H2,1-2H3,(H,21,25). The monoisotopic (exact) mass is 398 g/mol. The smallest absolute Gasteiger partial charge is 0.332 e. The molecule has 29 heavy (non-hydrogen) atoms. The van der Waals surface area contributed by atoms with E-state index in [2.05, 4.69) is 15.6 Å². The van der Waals surface area contributed by atoms with E-state index in [0.29, 0.717) is 11.4 Å². The molecule has 0 unspecified atom stereocenters. The lowest BCUT2D eigenvalue weighted by atomic mass is 10.2. The summed E-state index contributed by atoms with van der Waals surface area (Å²) in [6, 6.07) is 7.60. The van der Waals surface area contributed by atoms with Crippen molar-refractivity contribution in [2.75, 3.05) is 17.2 Å². The molecule has 0 bridgehead atoms. The van der Waals surface area contributed by atoms with Crippen molar-refractivity contribution in [2.45, 2.75) is 6.42 Å². The van der Waals surface area contributed by atoms with Gasteiger partial charge in [-0.05, 0) is 12.1 Å². The Kier molecular flexibility index (Phi) is 5.39. The number of nitrogens with zero attached hydrogens (tertiary/aromatic N) is 4. The molecule has 11 heteroatoms. The number of fused-ring (bicyclic) bond motifs is 1. The van der Waals surface area contributed by atoms with Crippen LogP contribution in [0.3, 0.4) is 0 Å². The summed E-state index contributed by atoms with van der Waals surface area (Å²) in [5.41, 5.74) is -0.231. The van der Waals surface area contributed by atoms with E-state index in [-0.39, 0.29) is 35.6 Å². The molecular weight excluding hydrogens is 380 g/mol. The maximum Gasteiger partial charge on any atom is 0.332 e. The minimum Gasteiger partial charge on any atom is -0.379 e. The summed E-state index contributed by atoms with van der Waals surface area (Å²) in [6.45, 7) is 0.175. The van der Waals surface area contributed by atoms with E-state index in [1.807, 2.05) is 0 Å². The van der Waals surface area contributed by atoms with Crippen LogP contribution in [0.15, 0.2) is 46.1 Å². The highest BCUT2D eigenvalue weighted by Gasteiger charge is 2.13. The number of nitro groups is 1. The lowest BCUT2D eigenvalue weighted by Gasteiger charge is -2.10. The number of aryl methyl sites for hydroxylation is 1. The van der Waals surface area contributed by atoms with Gasteiger partial charge >= 0.3 is 5.69 Å². The van der Waals surface area contributed by atoms with Gasteiger partial charge in [-0.1, -0.05) is 12.1 Å². The van der Waals surface area contributed by atoms with E-state index in [9.17, 15) is 24.5 Å². The maximum atomic E-state index is 12.3. The second-order valence-corrected chi connectivity index (χ2v) is 6.30. The highest BCUT2D eigenvalue weighted by atomic mass is 16.6. The van der Waals surface area contributed by atoms with Gasteiger partial charge in [-0.15, -0.1) is 0 Å². The van der Waals surface area contributed by atoms with Crippen molar-refractivity contribution in [3.05, 3.63) is 67.5 Å². The third kappa shape index (κ3) is 3.98. The minimum absolute atomic E-state index is 0.0371. The molecule has 2 aromatic heterocycles. The zero-order chi connectivity index (χ0) is 21.1. The highest BCUT2D eigenvalue weighted by Crippen LogP contribution is 2.23. The zero-order valence-corrected chi connectivity index (χ0v) is 15.7. The summed E-state index contributed by atoms with van der Waals surface area (Å²) in [5.74, 6) is -0.362. The summed E-state index contributed by atoms with van der Waals surface area (Å²) in [4.78, 5) is 51.0. The van der Waals surface area contributed by atoms with Crippen molar-refractivity contribution in [3.8, 4) is 0 Å². The quantitative estimate of drug-likeness (QED) is 0.466. The van der Waals surface area contributed by atoms with Gasteiger partial charge < -0.3 is 10.6 Å². The molecular formula is C18H18N6O5. The largest absolute Gasteiger partial charge is 0.379 e. The van der Waals surface area contributed by atoms with Crippen LogP contribution >= 0.6 is 0 Å². The van der Waals surface area contributed by atoms with Crippen LogP contribution in [0.4, 0.5) is 17.1 Å². The van der Waals surface area contributed by atoms with Crippen molar-refractivity contribution in [3.63, 3.8) is 0 Å². The van der Waals surface area contributed by atoms with E-state index in [0.717, 1.165) is 4.57 Å². The number of aromatic nitrogens is 3. The molecule has 3 aromatic rings. The number of rotatable bonds is 6. The number of amides is 1. The average Bonchev–Trinajstić information content (AvgIpc) is 2.70. The number of hydrogen-bond acceptors (Lipinski definition) is 7. The number of hydrogen-bond donors (Lipinski definition) is 2. The minimum atomic E-state index is -0.509. The van der Waals surface area contributed by atoms with Crippen LogP contribution < -0.4 is 21.9 Å². The van der Waals surface area contributed by atoms with Gasteiger partial charge in [0.2, 0.25) is 5.91 Å². The Morgan fingerprint density at radius 1 is 1.21 bits per heavy atom. The SMILES string of the molecule is Cn1c(=O)c2cc(NC(=O)CCNc3ccccc3[N+](=O)[O-])cnc2n(C)c1=O. The first-order valence-electron chi connectivity index (χ1n) is 8.62. The molecule has 0 aliphatic carbocycles. The number of pyridine rings is 1. The van der Waals surface area contributed by atoms with Gasteiger partial charge in [0.25, 0.3) is 11.2 Å². The Labute approximate surface area is 163 Å². The Hall–Kier alpha value is -4.02. The van der Waals surface area contributed by atoms with Gasteiger partial charge in [0.1, 0.15) is 11.3 Å². The Morgan fingerprint density at radius 2 is 1.93 bits per heavy atom. The van der Waals surface area contributed by atoms with Crippen LogP contribution in [0.1, 0.15) is 6.42 Å². The van der Waals surface area contributed by atoms with Gasteiger partial charge in [0.15, 0.2) is 0 Å². The highest BCUT2D eigenvalue weighted by molar-refractivity contribution is 5.92. The summed E-state index contributed by atoms with van der Waals surface area (Å²) in [6.07, 6.45) is 1.39. The molecule has 2 N–H and O–H groups in total. The fraction of sp³-hybridized carbons (Fsp3) is 0.222. The molecule has 11 nitrogen and oxygen atoms in total. The number of nitrogens with one attached hydrogen (secondary N) is 2. The van der Waals surface area contributed by atoms with Gasteiger partial charge in [-0.25, -0.2) is 9.78 Å². The molecule has 0 aliphatic heterocycles. The van der Waals surface area contributed by atoms with Crippen molar-refractivity contribution in [1.29, 1.82) is 0 Å². The maximum absolute atomic E-state index is 12.3. The number of carbonyl (C=O) groups is 1. The predicted molar refractivity (Wildman–Crippen MR) is 107 cm³/mol. The van der Waals surface area contributed by atoms with E-state index >= 15 is 0 Å². The van der Waals surface area contributed by atoms with Crippen LogP contribution in [0.25, 0.3) is 11.0 Å². The number of para-hydroxylation sites is 2. The normalized spacial score (nSPS) is 10.7. The van der Waals surface area contributed by atoms with Crippen molar-refractivity contribution >= 4 is 34.0 Å². The third-order valence-corrected chi connectivity index (χ3v) is 4.35. The van der Waals surface area contributed by atoms with Crippen molar-refractivity contribution in [1.82, 2.24) is 14.1 Å². The van der Waals surface area contributed by atoms with Crippen LogP contribution in [-0.4, -0.2) is 31.5 Å². The number of anilines is 2. The molecule has 0 radical (unpaired) electrons. The second kappa shape index (κ2) is 7.92. The number of benzene rings is 1. The summed E-state index contributed by atoms with van der Waals surface area (Å²) in [5, 5.41) is 16.7. The number of nitro benzene ring substituents is 1. The van der Waals surface area contributed by atoms with Crippen LogP contribution in [0.5, 0.6) is 0 Å². The second-order valence-electron chi connectivity index (χ2n) is 6.30. The average molecular weight is 398 g/mol. The summed E-state index contributed by atoms with van der Waals surface area (Å²) >= 11 is 0. The number of carbonyl (C=O) groups excluding carboxylic acids is 1. The van der Waals surface area contributed by atoms with E-state index < -0.39 is 16.2 Å². The topological polar surface area (TPSA) is 141 Å². The van der Waals surface area contributed by atoms with Crippen LogP contribution in [0, 0.1) is 10.1 Å². The first-order valence-corrected chi connectivity index (χ1v) is 8.62. The van der Waals surface area contributed by atoms with E-state index in [4.69, 9.17) is 0 Å². The fourth-order valence-electron chi connectivity index (χ4n) is 2.85. The zero-order valence-electron chi connectivity index (χ0n) is 15.7. The van der Waals surface area contributed by atoms with Gasteiger partial charge in [0.05, 0.1) is 22.2 Å². The Balaban J connectivity index is 1.70. The lowest BCUT2D eigenvalue weighted by molar-refractivity contribution is -0.384. The molecule has 1 aromatic carbocycles. The van der Waals surface area contributed by atoms with Crippen LogP contribution in [-0.2, 0) is 18.9 Å². The predicted octanol–water partition coefficient (Wildman–Crippen LogP) is 0.981. The van der Waals surface area contributed by atoms with E-state index in [1.54, 1.807) is 18.2 Å². The first-order chi connectivity index (χ1) is 13.8. The third-order valence-electron chi connectivity index (χ3n) is 4.35. The van der Waals surface area contributed by atoms with Crippen molar-refractivity contribution in [2.24, 2.45) is 14.1 Å². The molecule has 2 heterocycles. The van der Waals surface area contributed by atoms with E-state index in [1.165, 1.54) is 37.0 Å². The van der Waals surface area contributed by atoms with Gasteiger partial charge in [0, 0.05) is 33.1 Å². The molecule has 0 saturated carbocycles. The summed E-state index contributed by atoms with van der Waals surface area (Å²) < 4.78 is 2.21. The molecule has 3 rings (SSSR count). The van der Waals surface area contributed by atoms with Gasteiger partial charge in [-0.2, -0.15) is 0 Å². The Morgan fingerprint density at radius 3 is 2.66 bits per heavy atom. The molecule has 0 saturated heterocycles.